The summed E-state index contributed by atoms with van der Waals surface area (Å²) in [7, 11) is 0. The quantitative estimate of drug-likeness (QED) is 0.536. The van der Waals surface area contributed by atoms with Crippen molar-refractivity contribution in [2.45, 2.75) is 20.0 Å². The first-order valence-electron chi connectivity index (χ1n) is 2.00. The molecule has 0 N–H and O–H groups in total. The molecule has 0 atom stereocenters. The van der Waals surface area contributed by atoms with E-state index in [4.69, 9.17) is 0 Å². The number of hydrogen-bond acceptors (Lipinski definition) is 2. The van der Waals surface area contributed by atoms with Crippen LogP contribution < -0.4 is 0 Å². The van der Waals surface area contributed by atoms with Gasteiger partial charge in [0.2, 0.25) is 0 Å². The second kappa shape index (κ2) is 3.05. The second-order valence-corrected chi connectivity index (χ2v) is 2.12. The molecule has 0 amide bonds. The third-order valence-electron chi connectivity index (χ3n) is 0.332. The summed E-state index contributed by atoms with van der Waals surface area (Å²) in [5.41, 5.74) is 0. The van der Waals surface area contributed by atoms with E-state index in [-0.39, 0.29) is 11.0 Å². The van der Waals surface area contributed by atoms with Gasteiger partial charge in [-0.25, -0.2) is 0 Å². The Balaban J connectivity index is 3.13. The van der Waals surface area contributed by atoms with E-state index in [9.17, 15) is 4.79 Å². The van der Waals surface area contributed by atoms with Gasteiger partial charge in [-0.2, -0.15) is 0 Å². The first-order chi connectivity index (χ1) is 3.13. The van der Waals surface area contributed by atoms with Crippen LogP contribution in [0.1, 0.15) is 13.8 Å². The molecule has 0 aliphatic heterocycles. The summed E-state index contributed by atoms with van der Waals surface area (Å²) in [5, 5.41) is 0. The second-order valence-electron chi connectivity index (χ2n) is 1.42. The average Bonchev–Trinajstić information content (AvgIpc) is 1.27. The number of rotatable bonds is 1. The SMILES string of the molecule is CC(C)OC(=O)[Se-]. The van der Waals surface area contributed by atoms with Crippen LogP contribution in [-0.2, 0) is 4.74 Å². The molecule has 0 aliphatic carbocycles. The van der Waals surface area contributed by atoms with Crippen molar-refractivity contribution in [1.82, 2.24) is 0 Å². The summed E-state index contributed by atoms with van der Waals surface area (Å²) in [6, 6.07) is 0. The Morgan fingerprint density at radius 1 is 1.71 bits per heavy atom. The summed E-state index contributed by atoms with van der Waals surface area (Å²) in [5.74, 6) is 0. The first-order valence-corrected chi connectivity index (χ1v) is 2.86. The molecule has 0 spiro atoms. The van der Waals surface area contributed by atoms with E-state index in [0.717, 1.165) is 0 Å². The Labute approximate surface area is 51.0 Å². The third-order valence-corrected chi connectivity index (χ3v) is 0.534. The fourth-order valence-electron chi connectivity index (χ4n) is 0.192. The van der Waals surface area contributed by atoms with Gasteiger partial charge in [-0.3, -0.25) is 0 Å². The monoisotopic (exact) mass is 167 g/mol. The van der Waals surface area contributed by atoms with E-state index in [1.807, 2.05) is 0 Å². The molecule has 7 heavy (non-hydrogen) atoms. The Bertz CT molecular complexity index is 70.1. The minimum absolute atomic E-state index is 0.00579. The fraction of sp³-hybridized carbons (Fsp3) is 0.750. The fourth-order valence-corrected chi connectivity index (χ4v) is 0.596. The molecule has 3 heteroatoms. The Morgan fingerprint density at radius 3 is 2.14 bits per heavy atom. The van der Waals surface area contributed by atoms with Gasteiger partial charge in [-0.1, -0.05) is 0 Å². The molecular formula is C4H7O2Se-. The van der Waals surface area contributed by atoms with Crippen LogP contribution in [0.15, 0.2) is 0 Å². The van der Waals surface area contributed by atoms with Crippen molar-refractivity contribution in [1.29, 1.82) is 0 Å². The van der Waals surface area contributed by atoms with Crippen LogP contribution in [0.4, 0.5) is 4.79 Å². The Kier molecular flexibility index (Phi) is 3.05. The van der Waals surface area contributed by atoms with Crippen LogP contribution in [-0.4, -0.2) is 27.0 Å². The molecule has 0 aliphatic rings. The molecule has 0 saturated carbocycles. The molecule has 0 aromatic carbocycles. The molecule has 0 saturated heterocycles. The number of carbonyl (C=O) groups excluding carboxylic acids is 1. The molecule has 2 nitrogen and oxygen atoms in total. The number of carbonyl (C=O) groups is 1. The van der Waals surface area contributed by atoms with Crippen LogP contribution in [0.25, 0.3) is 0 Å². The first kappa shape index (κ1) is 6.99. The zero-order valence-corrected chi connectivity index (χ0v) is 6.02. The maximum atomic E-state index is 9.98. The van der Waals surface area contributed by atoms with Gasteiger partial charge in [0, 0.05) is 0 Å². The summed E-state index contributed by atoms with van der Waals surface area (Å²) in [6.45, 7) is 3.60. The van der Waals surface area contributed by atoms with Crippen molar-refractivity contribution in [2.75, 3.05) is 0 Å². The van der Waals surface area contributed by atoms with Crippen LogP contribution in [0.2, 0.25) is 0 Å². The predicted octanol–water partition coefficient (Wildman–Crippen LogP) is 0.700. The topological polar surface area (TPSA) is 26.3 Å². The van der Waals surface area contributed by atoms with Gasteiger partial charge < -0.3 is 0 Å². The van der Waals surface area contributed by atoms with Crippen molar-refractivity contribution in [3.8, 4) is 0 Å². The molecule has 0 radical (unpaired) electrons. The van der Waals surface area contributed by atoms with E-state index >= 15 is 0 Å². The third kappa shape index (κ3) is 5.99. The van der Waals surface area contributed by atoms with Gasteiger partial charge in [-0.05, 0) is 0 Å². The molecular weight excluding hydrogens is 159 g/mol. The molecule has 0 unspecified atom stereocenters. The van der Waals surface area contributed by atoms with Crippen molar-refractivity contribution in [3.05, 3.63) is 0 Å². The van der Waals surface area contributed by atoms with Crippen LogP contribution in [0.3, 0.4) is 0 Å². The minimum atomic E-state index is -0.338. The van der Waals surface area contributed by atoms with Gasteiger partial charge >= 0.3 is 50.4 Å². The van der Waals surface area contributed by atoms with Crippen molar-refractivity contribution >= 4 is 20.9 Å². The predicted molar refractivity (Wildman–Crippen MR) is 27.4 cm³/mol. The van der Waals surface area contributed by atoms with Crippen molar-refractivity contribution in [3.63, 3.8) is 0 Å². The van der Waals surface area contributed by atoms with E-state index in [1.54, 1.807) is 13.8 Å². The van der Waals surface area contributed by atoms with E-state index < -0.39 is 0 Å². The van der Waals surface area contributed by atoms with Gasteiger partial charge in [0.15, 0.2) is 0 Å². The van der Waals surface area contributed by atoms with Crippen LogP contribution in [0, 0.1) is 0 Å². The number of ether oxygens (including phenoxy) is 1. The van der Waals surface area contributed by atoms with Gasteiger partial charge in [0.25, 0.3) is 0 Å². The average molecular weight is 166 g/mol. The van der Waals surface area contributed by atoms with E-state index in [2.05, 4.69) is 20.7 Å². The standard InChI is InChI=1S/C4H8O2Se/c1-3(2)6-4(5)7/h3H,1-2H3,(H,5,7)/p-1. The van der Waals surface area contributed by atoms with Gasteiger partial charge in [-0.15, -0.1) is 0 Å². The molecule has 42 valence electrons. The molecule has 0 fully saturated rings. The summed E-state index contributed by atoms with van der Waals surface area (Å²) in [6.07, 6.45) is -0.00579. The number of hydrogen-bond donors (Lipinski definition) is 0. The summed E-state index contributed by atoms with van der Waals surface area (Å²) < 4.78 is 4.56. The summed E-state index contributed by atoms with van der Waals surface area (Å²) >= 11 is 2.21. The normalized spacial score (nSPS) is 9.00. The maximum absolute atomic E-state index is 9.98. The Hall–Kier alpha value is -0.0105. The van der Waals surface area contributed by atoms with Crippen molar-refractivity contribution in [2.24, 2.45) is 0 Å². The zero-order chi connectivity index (χ0) is 5.86. The van der Waals surface area contributed by atoms with Gasteiger partial charge in [0.1, 0.15) is 0 Å². The van der Waals surface area contributed by atoms with Gasteiger partial charge in [0.05, 0.1) is 0 Å². The van der Waals surface area contributed by atoms with Crippen LogP contribution in [0.5, 0.6) is 0 Å². The summed E-state index contributed by atoms with van der Waals surface area (Å²) in [4.78, 5) is 9.64. The van der Waals surface area contributed by atoms with Crippen LogP contribution >= 0.6 is 0 Å². The molecule has 0 heterocycles. The Morgan fingerprint density at radius 2 is 2.14 bits per heavy atom. The molecule has 0 bridgehead atoms. The molecule has 0 aromatic heterocycles. The van der Waals surface area contributed by atoms with Crippen molar-refractivity contribution < 1.29 is 9.53 Å². The van der Waals surface area contributed by atoms with E-state index in [1.165, 1.54) is 0 Å². The van der Waals surface area contributed by atoms with E-state index in [0.29, 0.717) is 0 Å². The molecule has 0 rings (SSSR count). The molecule has 0 aromatic rings. The zero-order valence-electron chi connectivity index (χ0n) is 4.30.